The summed E-state index contributed by atoms with van der Waals surface area (Å²) in [7, 11) is 0. The Morgan fingerprint density at radius 1 is 0.966 bits per heavy atom. The topological polar surface area (TPSA) is 80.8 Å². The van der Waals surface area contributed by atoms with Gasteiger partial charge < -0.3 is 4.74 Å². The van der Waals surface area contributed by atoms with E-state index in [2.05, 4.69) is 12.2 Å². The minimum atomic E-state index is -1.04. The number of carbonyl (C=O) groups excluding carboxylic acids is 4. The van der Waals surface area contributed by atoms with Gasteiger partial charge in [0.2, 0.25) is 17.6 Å². The van der Waals surface area contributed by atoms with Gasteiger partial charge in [-0.15, -0.1) is 0 Å². The molecule has 0 radical (unpaired) electrons. The number of likely N-dealkylation sites (tertiary alicyclic amines) is 1. The molecule has 29 heavy (non-hydrogen) atoms. The minimum Gasteiger partial charge on any atom is -0.453 e. The van der Waals surface area contributed by atoms with Crippen LogP contribution in [0.25, 0.3) is 0 Å². The molecule has 3 fully saturated rings. The van der Waals surface area contributed by atoms with Gasteiger partial charge in [-0.1, -0.05) is 42.5 Å². The van der Waals surface area contributed by atoms with E-state index in [0.29, 0.717) is 17.4 Å². The molecule has 1 heterocycles. The summed E-state index contributed by atoms with van der Waals surface area (Å²) in [5.41, 5.74) is 0.446. The number of benzene rings is 1. The van der Waals surface area contributed by atoms with Gasteiger partial charge in [0, 0.05) is 5.56 Å². The minimum absolute atomic E-state index is 0.109. The van der Waals surface area contributed by atoms with Crippen molar-refractivity contribution in [3.8, 4) is 0 Å². The second-order valence-corrected chi connectivity index (χ2v) is 8.69. The number of nitrogens with zero attached hydrogens (tertiary/aromatic N) is 1. The maximum atomic E-state index is 13.1. The van der Waals surface area contributed by atoms with Gasteiger partial charge in [0.1, 0.15) is 6.04 Å². The molecular formula is C23H23NO5. The molecule has 2 amide bonds. The van der Waals surface area contributed by atoms with Crippen LogP contribution < -0.4 is 0 Å². The second kappa shape index (κ2) is 6.37. The summed E-state index contributed by atoms with van der Waals surface area (Å²) in [6.45, 7) is 3.01. The van der Waals surface area contributed by atoms with Crippen molar-refractivity contribution in [3.63, 3.8) is 0 Å². The highest BCUT2D eigenvalue weighted by atomic mass is 16.5. The molecule has 8 atom stereocenters. The maximum absolute atomic E-state index is 13.1. The van der Waals surface area contributed by atoms with Gasteiger partial charge in [-0.05, 0) is 43.9 Å². The summed E-state index contributed by atoms with van der Waals surface area (Å²) in [5.74, 6) is -1.04. The fourth-order valence-electron chi connectivity index (χ4n) is 5.63. The number of ether oxygens (including phenoxy) is 1. The molecule has 5 aliphatic rings. The molecule has 0 spiro atoms. The van der Waals surface area contributed by atoms with E-state index < -0.39 is 18.1 Å². The number of amides is 2. The number of allylic oxidation sites excluding steroid dienone is 2. The molecule has 1 aromatic rings. The van der Waals surface area contributed by atoms with E-state index in [1.54, 1.807) is 30.3 Å². The van der Waals surface area contributed by atoms with E-state index in [4.69, 9.17) is 4.74 Å². The Morgan fingerprint density at radius 2 is 1.52 bits per heavy atom. The summed E-state index contributed by atoms with van der Waals surface area (Å²) < 4.78 is 5.34. The van der Waals surface area contributed by atoms with Crippen LogP contribution >= 0.6 is 0 Å². The van der Waals surface area contributed by atoms with Gasteiger partial charge in [-0.25, -0.2) is 4.79 Å². The lowest BCUT2D eigenvalue weighted by atomic mass is 9.63. The van der Waals surface area contributed by atoms with E-state index in [0.717, 1.165) is 11.3 Å². The van der Waals surface area contributed by atoms with Crippen LogP contribution in [0.2, 0.25) is 0 Å². The van der Waals surface area contributed by atoms with Crippen LogP contribution in [0, 0.1) is 35.5 Å². The van der Waals surface area contributed by atoms with Crippen LogP contribution in [-0.4, -0.2) is 40.6 Å². The third-order valence-electron chi connectivity index (χ3n) is 7.15. The average Bonchev–Trinajstić information content (AvgIpc) is 3.51. The standard InChI is InChI=1S/C23H23NO5/c1-11(23(28)29-12(2)20(25)13-6-4-3-5-7-13)24-21(26)18-14-8-9-15(17-10-16(14)17)19(18)22(24)27/h3-9,11-12,14-19H,10H2,1-2H3/t11-,12+,14+,15+,16-,17+,18-,19-/m0/s1. The number of esters is 1. The van der Waals surface area contributed by atoms with Crippen LogP contribution in [-0.2, 0) is 19.1 Å². The largest absolute Gasteiger partial charge is 0.453 e. The molecule has 6 rings (SSSR count). The van der Waals surface area contributed by atoms with Gasteiger partial charge in [-0.2, -0.15) is 0 Å². The maximum Gasteiger partial charge on any atom is 0.329 e. The second-order valence-electron chi connectivity index (χ2n) is 8.69. The Morgan fingerprint density at radius 3 is 2.07 bits per heavy atom. The highest BCUT2D eigenvalue weighted by Crippen LogP contribution is 2.65. The normalized spacial score (nSPS) is 35.7. The summed E-state index contributed by atoms with van der Waals surface area (Å²) in [6.07, 6.45) is 4.29. The molecular weight excluding hydrogens is 370 g/mol. The monoisotopic (exact) mass is 393 g/mol. The third kappa shape index (κ3) is 2.61. The van der Waals surface area contributed by atoms with Gasteiger partial charge >= 0.3 is 5.97 Å². The number of hydrogen-bond acceptors (Lipinski definition) is 5. The number of ketones is 1. The number of Topliss-reactive ketones (excluding diaryl/α,β-unsaturated/α-hetero) is 1. The van der Waals surface area contributed by atoms with E-state index in [1.165, 1.54) is 13.8 Å². The first-order valence-electron chi connectivity index (χ1n) is 10.2. The Hall–Kier alpha value is -2.76. The third-order valence-corrected chi connectivity index (χ3v) is 7.15. The number of rotatable bonds is 5. The molecule has 1 aliphatic heterocycles. The van der Waals surface area contributed by atoms with Gasteiger partial charge in [0.25, 0.3) is 0 Å². The molecule has 0 N–H and O–H groups in total. The zero-order valence-corrected chi connectivity index (χ0v) is 16.4. The predicted molar refractivity (Wildman–Crippen MR) is 102 cm³/mol. The van der Waals surface area contributed by atoms with Crippen LogP contribution in [0.1, 0.15) is 30.6 Å². The molecule has 2 bridgehead atoms. The zero-order chi connectivity index (χ0) is 20.4. The van der Waals surface area contributed by atoms with Crippen molar-refractivity contribution >= 4 is 23.6 Å². The fourth-order valence-corrected chi connectivity index (χ4v) is 5.63. The summed E-state index contributed by atoms with van der Waals surface area (Å²) in [5, 5.41) is 0. The Balaban J connectivity index is 1.30. The highest BCUT2D eigenvalue weighted by Gasteiger charge is 2.67. The fraction of sp³-hybridized carbons (Fsp3) is 0.478. The van der Waals surface area contributed by atoms with Crippen molar-refractivity contribution in [1.29, 1.82) is 0 Å². The molecule has 2 saturated carbocycles. The highest BCUT2D eigenvalue weighted by molar-refractivity contribution is 6.09. The molecule has 6 nitrogen and oxygen atoms in total. The van der Waals surface area contributed by atoms with Gasteiger partial charge in [0.05, 0.1) is 11.8 Å². The van der Waals surface area contributed by atoms with E-state index in [-0.39, 0.29) is 41.3 Å². The van der Waals surface area contributed by atoms with Gasteiger partial charge in [-0.3, -0.25) is 19.3 Å². The lowest BCUT2D eigenvalue weighted by Gasteiger charge is -2.37. The van der Waals surface area contributed by atoms with Crippen molar-refractivity contribution in [2.75, 3.05) is 0 Å². The van der Waals surface area contributed by atoms with Crippen LogP contribution in [0.15, 0.2) is 42.5 Å². The smallest absolute Gasteiger partial charge is 0.329 e. The summed E-state index contributed by atoms with van der Waals surface area (Å²) >= 11 is 0. The molecule has 0 aromatic heterocycles. The Kier molecular flexibility index (Phi) is 4.02. The molecule has 6 heteroatoms. The van der Waals surface area contributed by atoms with E-state index in [9.17, 15) is 19.2 Å². The average molecular weight is 393 g/mol. The van der Waals surface area contributed by atoms with Crippen LogP contribution in [0.5, 0.6) is 0 Å². The Labute approximate surface area is 168 Å². The summed E-state index contributed by atoms with van der Waals surface area (Å²) in [4.78, 5) is 52.4. The molecule has 4 aliphatic carbocycles. The first kappa shape index (κ1) is 18.3. The predicted octanol–water partition coefficient (Wildman–Crippen LogP) is 2.24. The Bertz CT molecular complexity index is 902. The van der Waals surface area contributed by atoms with E-state index in [1.807, 2.05) is 0 Å². The molecule has 150 valence electrons. The first-order valence-corrected chi connectivity index (χ1v) is 10.2. The van der Waals surface area contributed by atoms with Crippen molar-refractivity contribution < 1.29 is 23.9 Å². The molecule has 1 aromatic carbocycles. The van der Waals surface area contributed by atoms with Crippen LogP contribution in [0.4, 0.5) is 0 Å². The molecule has 0 unspecified atom stereocenters. The lowest BCUT2D eigenvalue weighted by molar-refractivity contribution is -0.160. The number of imide groups is 1. The number of carbonyl (C=O) groups is 4. The first-order chi connectivity index (χ1) is 13.9. The van der Waals surface area contributed by atoms with Crippen molar-refractivity contribution in [3.05, 3.63) is 48.0 Å². The van der Waals surface area contributed by atoms with Crippen molar-refractivity contribution in [2.24, 2.45) is 35.5 Å². The van der Waals surface area contributed by atoms with Crippen molar-refractivity contribution in [2.45, 2.75) is 32.4 Å². The van der Waals surface area contributed by atoms with Crippen molar-refractivity contribution in [1.82, 2.24) is 4.90 Å². The lowest BCUT2D eigenvalue weighted by Crippen LogP contribution is -2.46. The van der Waals surface area contributed by atoms with E-state index >= 15 is 0 Å². The molecule has 1 saturated heterocycles. The zero-order valence-electron chi connectivity index (χ0n) is 16.4. The van der Waals surface area contributed by atoms with Gasteiger partial charge in [0.15, 0.2) is 6.10 Å². The van der Waals surface area contributed by atoms with Crippen LogP contribution in [0.3, 0.4) is 0 Å². The SMILES string of the molecule is C[C@@H](OC(=O)[C@H](C)N1C(=O)[C@H]2[C@@H]3C=C[C@H]([C@@H]4C[C@H]34)[C@@H]2C1=O)C(=O)c1ccccc1. The summed E-state index contributed by atoms with van der Waals surface area (Å²) in [6, 6.07) is 7.54. The number of hydrogen-bond donors (Lipinski definition) is 0. The quantitative estimate of drug-likeness (QED) is 0.332.